The van der Waals surface area contributed by atoms with Gasteiger partial charge in [0.1, 0.15) is 0 Å². The first kappa shape index (κ1) is 5.72. The van der Waals surface area contributed by atoms with Gasteiger partial charge in [0.15, 0.2) is 0 Å². The van der Waals surface area contributed by atoms with Gasteiger partial charge in [-0.05, 0) is 37.6 Å². The Labute approximate surface area is 56.8 Å². The average molecular weight is 125 g/mol. The lowest BCUT2D eigenvalue weighted by Gasteiger charge is -2.26. The van der Waals surface area contributed by atoms with Crippen LogP contribution in [0.4, 0.5) is 0 Å². The van der Waals surface area contributed by atoms with E-state index in [1.807, 2.05) is 0 Å². The molecule has 0 amide bonds. The lowest BCUT2D eigenvalue weighted by Crippen LogP contribution is -2.37. The molecule has 3 unspecified atom stereocenters. The molecule has 1 heterocycles. The summed E-state index contributed by atoms with van der Waals surface area (Å²) in [5.74, 6) is 2.01. The third-order valence-corrected chi connectivity index (χ3v) is 3.01. The molecular formula is C8H15N. The summed E-state index contributed by atoms with van der Waals surface area (Å²) in [5, 5.41) is 3.56. The highest BCUT2D eigenvalue weighted by atomic mass is 14.9. The number of hydrogen-bond acceptors (Lipinski definition) is 1. The van der Waals surface area contributed by atoms with Crippen LogP contribution in [0.25, 0.3) is 0 Å². The predicted molar refractivity (Wildman–Crippen MR) is 38.3 cm³/mol. The quantitative estimate of drug-likeness (QED) is 0.516. The molecule has 52 valence electrons. The third-order valence-electron chi connectivity index (χ3n) is 3.01. The molecule has 0 spiro atoms. The zero-order valence-electron chi connectivity index (χ0n) is 6.06. The van der Waals surface area contributed by atoms with Gasteiger partial charge in [-0.2, -0.15) is 0 Å². The SMILES string of the molecule is CC1CNC2CCC1C2. The van der Waals surface area contributed by atoms with Crippen molar-refractivity contribution >= 4 is 0 Å². The van der Waals surface area contributed by atoms with Gasteiger partial charge in [-0.15, -0.1) is 0 Å². The molecule has 1 N–H and O–H groups in total. The Balaban J connectivity index is 2.05. The van der Waals surface area contributed by atoms with Crippen LogP contribution in [0.3, 0.4) is 0 Å². The van der Waals surface area contributed by atoms with Gasteiger partial charge < -0.3 is 5.32 Å². The zero-order chi connectivity index (χ0) is 6.27. The summed E-state index contributed by atoms with van der Waals surface area (Å²) in [6, 6.07) is 0.895. The smallest absolute Gasteiger partial charge is 0.00700 e. The standard InChI is InChI=1S/C8H15N/c1-6-5-9-8-3-2-7(6)4-8/h6-9H,2-5H2,1H3. The first-order valence-electron chi connectivity index (χ1n) is 4.09. The van der Waals surface area contributed by atoms with Gasteiger partial charge >= 0.3 is 0 Å². The molecule has 2 fully saturated rings. The first-order valence-corrected chi connectivity index (χ1v) is 4.09. The van der Waals surface area contributed by atoms with Crippen molar-refractivity contribution < 1.29 is 0 Å². The molecule has 2 bridgehead atoms. The molecule has 0 radical (unpaired) electrons. The number of fused-ring (bicyclic) bond motifs is 2. The van der Waals surface area contributed by atoms with E-state index >= 15 is 0 Å². The highest BCUT2D eigenvalue weighted by molar-refractivity contribution is 4.88. The predicted octanol–water partition coefficient (Wildman–Crippen LogP) is 1.39. The van der Waals surface area contributed by atoms with Crippen LogP contribution in [0, 0.1) is 11.8 Å². The van der Waals surface area contributed by atoms with Crippen molar-refractivity contribution in [3.63, 3.8) is 0 Å². The summed E-state index contributed by atoms with van der Waals surface area (Å²) < 4.78 is 0. The molecule has 1 aliphatic carbocycles. The minimum absolute atomic E-state index is 0.895. The van der Waals surface area contributed by atoms with E-state index in [0.717, 1.165) is 17.9 Å². The highest BCUT2D eigenvalue weighted by Gasteiger charge is 2.32. The number of hydrogen-bond donors (Lipinski definition) is 1. The van der Waals surface area contributed by atoms with E-state index in [0.29, 0.717) is 0 Å². The molecule has 1 nitrogen and oxygen atoms in total. The lowest BCUT2D eigenvalue weighted by atomic mass is 9.90. The summed E-state index contributed by atoms with van der Waals surface area (Å²) in [4.78, 5) is 0. The summed E-state index contributed by atoms with van der Waals surface area (Å²) in [6.07, 6.45) is 4.38. The summed E-state index contributed by atoms with van der Waals surface area (Å²) >= 11 is 0. The number of nitrogens with one attached hydrogen (secondary N) is 1. The Hall–Kier alpha value is -0.0400. The minimum atomic E-state index is 0.895. The summed E-state index contributed by atoms with van der Waals surface area (Å²) in [6.45, 7) is 3.65. The van der Waals surface area contributed by atoms with Gasteiger partial charge in [0.25, 0.3) is 0 Å². The van der Waals surface area contributed by atoms with Crippen LogP contribution < -0.4 is 5.32 Å². The van der Waals surface area contributed by atoms with Crippen molar-refractivity contribution in [2.75, 3.05) is 6.54 Å². The normalized spacial score (nSPS) is 49.7. The molecule has 0 aromatic heterocycles. The van der Waals surface area contributed by atoms with Gasteiger partial charge in [-0.1, -0.05) is 6.92 Å². The topological polar surface area (TPSA) is 12.0 Å². The molecule has 1 saturated carbocycles. The maximum absolute atomic E-state index is 3.56. The first-order chi connectivity index (χ1) is 4.36. The molecule has 2 rings (SSSR count). The van der Waals surface area contributed by atoms with Gasteiger partial charge in [0.2, 0.25) is 0 Å². The van der Waals surface area contributed by atoms with Gasteiger partial charge in [0.05, 0.1) is 0 Å². The second-order valence-corrected chi connectivity index (χ2v) is 3.66. The van der Waals surface area contributed by atoms with E-state index in [1.54, 1.807) is 0 Å². The molecule has 0 aromatic rings. The molecule has 9 heavy (non-hydrogen) atoms. The molecule has 1 saturated heterocycles. The van der Waals surface area contributed by atoms with E-state index in [-0.39, 0.29) is 0 Å². The molecular weight excluding hydrogens is 110 g/mol. The van der Waals surface area contributed by atoms with E-state index in [9.17, 15) is 0 Å². The summed E-state index contributed by atoms with van der Waals surface area (Å²) in [7, 11) is 0. The van der Waals surface area contributed by atoms with Crippen LogP contribution in [0.1, 0.15) is 26.2 Å². The van der Waals surface area contributed by atoms with Crippen molar-refractivity contribution in [2.45, 2.75) is 32.2 Å². The number of piperidine rings is 1. The van der Waals surface area contributed by atoms with Crippen molar-refractivity contribution in [3.8, 4) is 0 Å². The fourth-order valence-corrected chi connectivity index (χ4v) is 2.24. The molecule has 2 aliphatic rings. The Morgan fingerprint density at radius 2 is 2.22 bits per heavy atom. The van der Waals surface area contributed by atoms with Crippen LogP contribution in [0.15, 0.2) is 0 Å². The van der Waals surface area contributed by atoms with Crippen LogP contribution in [0.5, 0.6) is 0 Å². The van der Waals surface area contributed by atoms with Crippen molar-refractivity contribution in [2.24, 2.45) is 11.8 Å². The van der Waals surface area contributed by atoms with E-state index < -0.39 is 0 Å². The van der Waals surface area contributed by atoms with Crippen molar-refractivity contribution in [1.82, 2.24) is 5.32 Å². The van der Waals surface area contributed by atoms with Crippen LogP contribution in [-0.2, 0) is 0 Å². The van der Waals surface area contributed by atoms with Crippen molar-refractivity contribution in [3.05, 3.63) is 0 Å². The maximum Gasteiger partial charge on any atom is 0.00700 e. The number of rotatable bonds is 0. The Kier molecular flexibility index (Phi) is 1.26. The largest absolute Gasteiger partial charge is 0.314 e. The third kappa shape index (κ3) is 0.877. The fourth-order valence-electron chi connectivity index (χ4n) is 2.24. The Morgan fingerprint density at radius 1 is 1.33 bits per heavy atom. The fraction of sp³-hybridized carbons (Fsp3) is 1.00. The van der Waals surface area contributed by atoms with Gasteiger partial charge in [-0.25, -0.2) is 0 Å². The second kappa shape index (κ2) is 1.98. The van der Waals surface area contributed by atoms with Crippen LogP contribution in [0.2, 0.25) is 0 Å². The lowest BCUT2D eigenvalue weighted by molar-refractivity contribution is 0.291. The van der Waals surface area contributed by atoms with Gasteiger partial charge in [-0.3, -0.25) is 0 Å². The van der Waals surface area contributed by atoms with E-state index in [4.69, 9.17) is 0 Å². The van der Waals surface area contributed by atoms with Crippen LogP contribution in [-0.4, -0.2) is 12.6 Å². The highest BCUT2D eigenvalue weighted by Crippen LogP contribution is 2.34. The molecule has 1 heteroatoms. The Bertz CT molecular complexity index is 111. The molecule has 1 aliphatic heterocycles. The van der Waals surface area contributed by atoms with Crippen molar-refractivity contribution in [1.29, 1.82) is 0 Å². The molecule has 0 aromatic carbocycles. The second-order valence-electron chi connectivity index (χ2n) is 3.66. The maximum atomic E-state index is 3.56. The van der Waals surface area contributed by atoms with E-state index in [1.165, 1.54) is 25.8 Å². The minimum Gasteiger partial charge on any atom is -0.314 e. The average Bonchev–Trinajstić information content (AvgIpc) is 2.25. The summed E-state index contributed by atoms with van der Waals surface area (Å²) in [5.41, 5.74) is 0. The Morgan fingerprint density at radius 3 is 3.00 bits per heavy atom. The van der Waals surface area contributed by atoms with E-state index in [2.05, 4.69) is 12.2 Å². The zero-order valence-corrected chi connectivity index (χ0v) is 6.06. The molecule has 3 atom stereocenters. The monoisotopic (exact) mass is 125 g/mol. The van der Waals surface area contributed by atoms with Gasteiger partial charge in [0, 0.05) is 6.04 Å². The van der Waals surface area contributed by atoms with Crippen LogP contribution >= 0.6 is 0 Å².